The molecule has 30 heavy (non-hydrogen) atoms. The third kappa shape index (κ3) is 5.91. The second-order valence-electron chi connectivity index (χ2n) is 7.79. The minimum Gasteiger partial charge on any atom is -0.472 e. The van der Waals surface area contributed by atoms with Gasteiger partial charge < -0.3 is 15.8 Å². The number of primary amides is 1. The number of nitrogens with one attached hydrogen (secondary N) is 1. The fourth-order valence-corrected chi connectivity index (χ4v) is 2.73. The summed E-state index contributed by atoms with van der Waals surface area (Å²) in [6.07, 6.45) is 2.46. The first-order valence-corrected chi connectivity index (χ1v) is 9.60. The first-order valence-electron chi connectivity index (χ1n) is 9.60. The van der Waals surface area contributed by atoms with Crippen LogP contribution in [0, 0.1) is 0 Å². The van der Waals surface area contributed by atoms with Crippen molar-refractivity contribution in [3.63, 3.8) is 0 Å². The highest BCUT2D eigenvalue weighted by atomic mass is 16.5. The van der Waals surface area contributed by atoms with Crippen molar-refractivity contribution in [2.45, 2.75) is 39.2 Å². The summed E-state index contributed by atoms with van der Waals surface area (Å²) >= 11 is 0. The van der Waals surface area contributed by atoms with Crippen LogP contribution in [0.5, 0.6) is 5.88 Å². The summed E-state index contributed by atoms with van der Waals surface area (Å²) in [7, 11) is 0. The standard InChI is InChI=1S/C22H25N5O3/c1-22(2,3)30-20-6-4-5-15(25-20)9-12-19(28)24-16-7-10-17(11-8-16)27-14-13-18(26-27)21(23)29/h4-8,10-11,13-14H,9,12H2,1-3H3,(H2,23,29)(H,24,28). The van der Waals surface area contributed by atoms with Crippen molar-refractivity contribution in [2.75, 3.05) is 5.32 Å². The van der Waals surface area contributed by atoms with Gasteiger partial charge in [0.25, 0.3) is 5.91 Å². The number of amides is 2. The van der Waals surface area contributed by atoms with Crippen LogP contribution < -0.4 is 15.8 Å². The fourth-order valence-electron chi connectivity index (χ4n) is 2.73. The molecule has 0 aliphatic heterocycles. The normalized spacial score (nSPS) is 11.2. The van der Waals surface area contributed by atoms with Crippen LogP contribution in [0.2, 0.25) is 0 Å². The Bertz CT molecular complexity index is 1040. The van der Waals surface area contributed by atoms with E-state index in [1.54, 1.807) is 41.2 Å². The van der Waals surface area contributed by atoms with E-state index in [4.69, 9.17) is 10.5 Å². The van der Waals surface area contributed by atoms with Gasteiger partial charge in [0.1, 0.15) is 11.3 Å². The summed E-state index contributed by atoms with van der Waals surface area (Å²) in [5.74, 6) is -0.140. The molecule has 0 bridgehead atoms. The molecule has 0 saturated heterocycles. The lowest BCUT2D eigenvalue weighted by Crippen LogP contribution is -2.23. The molecule has 156 valence electrons. The van der Waals surface area contributed by atoms with Crippen LogP contribution in [0.15, 0.2) is 54.7 Å². The van der Waals surface area contributed by atoms with Gasteiger partial charge in [0, 0.05) is 30.1 Å². The van der Waals surface area contributed by atoms with Crippen molar-refractivity contribution in [3.05, 3.63) is 66.1 Å². The summed E-state index contributed by atoms with van der Waals surface area (Å²) in [4.78, 5) is 27.9. The zero-order chi connectivity index (χ0) is 21.7. The molecular formula is C22H25N5O3. The second-order valence-corrected chi connectivity index (χ2v) is 7.79. The summed E-state index contributed by atoms with van der Waals surface area (Å²) in [6, 6.07) is 14.2. The highest BCUT2D eigenvalue weighted by Crippen LogP contribution is 2.17. The van der Waals surface area contributed by atoms with Crippen LogP contribution >= 0.6 is 0 Å². The van der Waals surface area contributed by atoms with Gasteiger partial charge in [0.2, 0.25) is 11.8 Å². The van der Waals surface area contributed by atoms with Crippen molar-refractivity contribution < 1.29 is 14.3 Å². The number of hydrogen-bond donors (Lipinski definition) is 2. The summed E-state index contributed by atoms with van der Waals surface area (Å²) < 4.78 is 7.31. The highest BCUT2D eigenvalue weighted by Gasteiger charge is 2.13. The Morgan fingerprint density at radius 1 is 1.10 bits per heavy atom. The molecule has 2 amide bonds. The SMILES string of the molecule is CC(C)(C)Oc1cccc(CCC(=O)Nc2ccc(-n3ccc(C(N)=O)n3)cc2)n1. The van der Waals surface area contributed by atoms with Crippen LogP contribution in [0.4, 0.5) is 5.69 Å². The van der Waals surface area contributed by atoms with Crippen LogP contribution in [-0.4, -0.2) is 32.2 Å². The molecule has 0 fully saturated rings. The Balaban J connectivity index is 1.55. The molecule has 0 unspecified atom stereocenters. The number of nitrogens with two attached hydrogens (primary N) is 1. The van der Waals surface area contributed by atoms with Gasteiger partial charge >= 0.3 is 0 Å². The molecule has 0 aliphatic carbocycles. The first kappa shape index (κ1) is 21.0. The summed E-state index contributed by atoms with van der Waals surface area (Å²) in [5.41, 5.74) is 7.30. The van der Waals surface area contributed by atoms with E-state index in [2.05, 4.69) is 15.4 Å². The number of aryl methyl sites for hydroxylation is 1. The van der Waals surface area contributed by atoms with E-state index in [1.807, 2.05) is 39.0 Å². The predicted molar refractivity (Wildman–Crippen MR) is 114 cm³/mol. The van der Waals surface area contributed by atoms with E-state index in [9.17, 15) is 9.59 Å². The molecule has 2 aromatic heterocycles. The maximum atomic E-state index is 12.3. The van der Waals surface area contributed by atoms with Crippen molar-refractivity contribution in [2.24, 2.45) is 5.73 Å². The molecule has 1 aromatic carbocycles. The molecule has 0 spiro atoms. The van der Waals surface area contributed by atoms with Crippen LogP contribution in [-0.2, 0) is 11.2 Å². The summed E-state index contributed by atoms with van der Waals surface area (Å²) in [6.45, 7) is 5.88. The van der Waals surface area contributed by atoms with E-state index in [0.29, 0.717) is 24.4 Å². The predicted octanol–water partition coefficient (Wildman–Crippen LogP) is 3.11. The lowest BCUT2D eigenvalue weighted by Gasteiger charge is -2.20. The number of aromatic nitrogens is 3. The Morgan fingerprint density at radius 3 is 2.47 bits per heavy atom. The largest absolute Gasteiger partial charge is 0.472 e. The van der Waals surface area contributed by atoms with Gasteiger partial charge in [-0.05, 0) is 63.6 Å². The van der Waals surface area contributed by atoms with E-state index >= 15 is 0 Å². The maximum absolute atomic E-state index is 12.3. The topological polar surface area (TPSA) is 112 Å². The molecule has 3 N–H and O–H groups in total. The maximum Gasteiger partial charge on any atom is 0.269 e. The number of benzene rings is 1. The van der Waals surface area contributed by atoms with Gasteiger partial charge in [-0.3, -0.25) is 9.59 Å². The van der Waals surface area contributed by atoms with Crippen molar-refractivity contribution >= 4 is 17.5 Å². The quantitative estimate of drug-likeness (QED) is 0.625. The molecule has 8 heteroatoms. The molecule has 3 aromatic rings. The van der Waals surface area contributed by atoms with Gasteiger partial charge in [0.15, 0.2) is 0 Å². The number of carbonyl (C=O) groups excluding carboxylic acids is 2. The van der Waals surface area contributed by atoms with Crippen molar-refractivity contribution in [1.82, 2.24) is 14.8 Å². The number of nitrogens with zero attached hydrogens (tertiary/aromatic N) is 3. The lowest BCUT2D eigenvalue weighted by atomic mass is 10.2. The fraction of sp³-hybridized carbons (Fsp3) is 0.273. The highest BCUT2D eigenvalue weighted by molar-refractivity contribution is 5.91. The van der Waals surface area contributed by atoms with Crippen LogP contribution in [0.1, 0.15) is 43.4 Å². The van der Waals surface area contributed by atoms with Crippen molar-refractivity contribution in [1.29, 1.82) is 0 Å². The lowest BCUT2D eigenvalue weighted by molar-refractivity contribution is -0.116. The Morgan fingerprint density at radius 2 is 1.83 bits per heavy atom. The number of pyridine rings is 1. The van der Waals surface area contributed by atoms with E-state index in [0.717, 1.165) is 11.4 Å². The Labute approximate surface area is 175 Å². The number of carbonyl (C=O) groups is 2. The Hall–Kier alpha value is -3.68. The van der Waals surface area contributed by atoms with E-state index in [1.165, 1.54) is 0 Å². The van der Waals surface area contributed by atoms with E-state index in [-0.39, 0.29) is 17.2 Å². The molecule has 3 rings (SSSR count). The zero-order valence-electron chi connectivity index (χ0n) is 17.3. The van der Waals surface area contributed by atoms with Gasteiger partial charge in [-0.2, -0.15) is 5.10 Å². The molecular weight excluding hydrogens is 382 g/mol. The number of rotatable bonds is 7. The minimum atomic E-state index is -0.581. The van der Waals surface area contributed by atoms with Gasteiger partial charge in [-0.1, -0.05) is 6.07 Å². The van der Waals surface area contributed by atoms with E-state index < -0.39 is 5.91 Å². The Kier molecular flexibility index (Phi) is 6.15. The zero-order valence-corrected chi connectivity index (χ0v) is 17.3. The first-order chi connectivity index (χ1) is 14.2. The second kappa shape index (κ2) is 8.77. The molecule has 0 atom stereocenters. The monoisotopic (exact) mass is 407 g/mol. The molecule has 0 radical (unpaired) electrons. The smallest absolute Gasteiger partial charge is 0.269 e. The summed E-state index contributed by atoms with van der Waals surface area (Å²) in [5, 5.41) is 6.97. The average molecular weight is 407 g/mol. The third-order valence-electron chi connectivity index (χ3n) is 4.06. The molecule has 8 nitrogen and oxygen atoms in total. The number of ether oxygens (including phenoxy) is 1. The average Bonchev–Trinajstić information content (AvgIpc) is 3.16. The van der Waals surface area contributed by atoms with Gasteiger partial charge in [-0.25, -0.2) is 9.67 Å². The van der Waals surface area contributed by atoms with Crippen LogP contribution in [0.3, 0.4) is 0 Å². The number of hydrogen-bond acceptors (Lipinski definition) is 5. The van der Waals surface area contributed by atoms with Gasteiger partial charge in [-0.15, -0.1) is 0 Å². The molecule has 0 aliphatic rings. The van der Waals surface area contributed by atoms with Crippen molar-refractivity contribution in [3.8, 4) is 11.6 Å². The van der Waals surface area contributed by atoms with Gasteiger partial charge in [0.05, 0.1) is 5.69 Å². The third-order valence-corrected chi connectivity index (χ3v) is 4.06. The van der Waals surface area contributed by atoms with Crippen LogP contribution in [0.25, 0.3) is 5.69 Å². The molecule has 0 saturated carbocycles. The number of anilines is 1. The molecule has 2 heterocycles. The minimum absolute atomic E-state index is 0.109.